The maximum absolute atomic E-state index is 13.7. The van der Waals surface area contributed by atoms with E-state index in [2.05, 4.69) is 5.32 Å². The molecule has 0 aliphatic rings. The molecule has 1 rings (SSSR count). The second-order valence-corrected chi connectivity index (χ2v) is 7.01. The number of amides is 1. The number of benzene rings is 1. The number of nitrogens with one attached hydrogen (secondary N) is 1. The normalized spacial score (nSPS) is 11.7. The van der Waals surface area contributed by atoms with Gasteiger partial charge in [0.2, 0.25) is 15.9 Å². The molecule has 23 heavy (non-hydrogen) atoms. The van der Waals surface area contributed by atoms with Crippen LogP contribution < -0.4 is 5.32 Å². The quantitative estimate of drug-likeness (QED) is 0.645. The molecule has 0 fully saturated rings. The highest BCUT2D eigenvalue weighted by Crippen LogP contribution is 2.12. The summed E-state index contributed by atoms with van der Waals surface area (Å²) in [6.45, 7) is 2.89. The molecule has 0 aliphatic carbocycles. The summed E-state index contributed by atoms with van der Waals surface area (Å²) in [4.78, 5) is 11.9. The molecule has 0 aromatic heterocycles. The first-order chi connectivity index (χ1) is 10.8. The molecule has 6 nitrogen and oxygen atoms in total. The maximum Gasteiger partial charge on any atom is 0.235 e. The summed E-state index contributed by atoms with van der Waals surface area (Å²) in [5, 5.41) is 2.63. The van der Waals surface area contributed by atoms with Gasteiger partial charge in [0.05, 0.1) is 12.8 Å². The molecule has 0 unspecified atom stereocenters. The molecule has 1 aromatic carbocycles. The molecule has 0 saturated heterocycles. The van der Waals surface area contributed by atoms with Crippen LogP contribution in [0.25, 0.3) is 0 Å². The summed E-state index contributed by atoms with van der Waals surface area (Å²) in [6.07, 6.45) is 1.64. The summed E-state index contributed by atoms with van der Waals surface area (Å²) in [5.41, 5.74) is 0.224. The standard InChI is InChI=1S/C15H23FN2O4S/c1-3-22-10-6-9-17-15(19)12-18(23(2,20)21)11-13-7-4-5-8-14(13)16/h4-5,7-8H,3,6,9-12H2,1-2H3,(H,17,19). The van der Waals surface area contributed by atoms with Gasteiger partial charge in [0.1, 0.15) is 5.82 Å². The number of hydrogen-bond acceptors (Lipinski definition) is 4. The number of ether oxygens (including phenoxy) is 1. The average molecular weight is 346 g/mol. The van der Waals surface area contributed by atoms with Crippen LogP contribution in [0.4, 0.5) is 4.39 Å². The Morgan fingerprint density at radius 3 is 2.65 bits per heavy atom. The van der Waals surface area contributed by atoms with E-state index in [-0.39, 0.29) is 18.7 Å². The molecule has 0 bridgehead atoms. The van der Waals surface area contributed by atoms with Crippen molar-refractivity contribution in [3.63, 3.8) is 0 Å². The van der Waals surface area contributed by atoms with Gasteiger partial charge in [-0.2, -0.15) is 4.31 Å². The fourth-order valence-corrected chi connectivity index (χ4v) is 2.59. The van der Waals surface area contributed by atoms with E-state index >= 15 is 0 Å². The molecular formula is C15H23FN2O4S. The second-order valence-electron chi connectivity index (χ2n) is 5.02. The Balaban J connectivity index is 2.59. The monoisotopic (exact) mass is 346 g/mol. The summed E-state index contributed by atoms with van der Waals surface area (Å²) >= 11 is 0. The smallest absolute Gasteiger partial charge is 0.235 e. The molecule has 130 valence electrons. The molecule has 8 heteroatoms. The highest BCUT2D eigenvalue weighted by Gasteiger charge is 2.21. The van der Waals surface area contributed by atoms with Gasteiger partial charge in [-0.25, -0.2) is 12.8 Å². The van der Waals surface area contributed by atoms with E-state index in [1.54, 1.807) is 6.07 Å². The predicted molar refractivity (Wildman–Crippen MR) is 85.8 cm³/mol. The van der Waals surface area contributed by atoms with Crippen LogP contribution in [0, 0.1) is 5.82 Å². The van der Waals surface area contributed by atoms with Crippen LogP contribution in [0.5, 0.6) is 0 Å². The van der Waals surface area contributed by atoms with Gasteiger partial charge < -0.3 is 10.1 Å². The summed E-state index contributed by atoms with van der Waals surface area (Å²) in [6, 6.07) is 5.89. The third-order valence-electron chi connectivity index (χ3n) is 3.09. The summed E-state index contributed by atoms with van der Waals surface area (Å²) in [5.74, 6) is -0.929. The van der Waals surface area contributed by atoms with E-state index in [9.17, 15) is 17.6 Å². The molecule has 1 amide bonds. The number of carbonyl (C=O) groups is 1. The van der Waals surface area contributed by atoms with Crippen molar-refractivity contribution in [1.29, 1.82) is 0 Å². The van der Waals surface area contributed by atoms with Crippen molar-refractivity contribution in [2.75, 3.05) is 32.6 Å². The first kappa shape index (κ1) is 19.5. The summed E-state index contributed by atoms with van der Waals surface area (Å²) in [7, 11) is -3.63. The Labute approximate surface area is 136 Å². The number of sulfonamides is 1. The number of rotatable bonds is 10. The maximum atomic E-state index is 13.7. The first-order valence-electron chi connectivity index (χ1n) is 7.37. The van der Waals surface area contributed by atoms with Crippen LogP contribution in [0.3, 0.4) is 0 Å². The van der Waals surface area contributed by atoms with Crippen molar-refractivity contribution in [2.24, 2.45) is 0 Å². The molecule has 0 heterocycles. The van der Waals surface area contributed by atoms with Gasteiger partial charge in [0.15, 0.2) is 0 Å². The van der Waals surface area contributed by atoms with Crippen LogP contribution in [-0.4, -0.2) is 51.2 Å². The number of nitrogens with zero attached hydrogens (tertiary/aromatic N) is 1. The van der Waals surface area contributed by atoms with Crippen LogP contribution in [0.15, 0.2) is 24.3 Å². The molecule has 1 N–H and O–H groups in total. The predicted octanol–water partition coefficient (Wildman–Crippen LogP) is 1.13. The Hall–Kier alpha value is -1.51. The largest absolute Gasteiger partial charge is 0.382 e. The minimum absolute atomic E-state index is 0.183. The minimum Gasteiger partial charge on any atom is -0.382 e. The third-order valence-corrected chi connectivity index (χ3v) is 4.28. The topological polar surface area (TPSA) is 75.7 Å². The lowest BCUT2D eigenvalue weighted by molar-refractivity contribution is -0.121. The lowest BCUT2D eigenvalue weighted by Crippen LogP contribution is -2.40. The molecule has 0 atom stereocenters. The Morgan fingerprint density at radius 2 is 2.04 bits per heavy atom. The fourth-order valence-electron chi connectivity index (χ4n) is 1.87. The first-order valence-corrected chi connectivity index (χ1v) is 9.22. The zero-order chi connectivity index (χ0) is 17.3. The van der Waals surface area contributed by atoms with Crippen LogP contribution in [0.1, 0.15) is 18.9 Å². The number of halogens is 1. The van der Waals surface area contributed by atoms with Gasteiger partial charge in [0.25, 0.3) is 0 Å². The molecule has 0 saturated carbocycles. The van der Waals surface area contributed by atoms with Crippen LogP contribution in [-0.2, 0) is 26.1 Å². The number of hydrogen-bond donors (Lipinski definition) is 1. The van der Waals surface area contributed by atoms with Gasteiger partial charge in [0, 0.05) is 31.9 Å². The van der Waals surface area contributed by atoms with Crippen molar-refractivity contribution in [3.05, 3.63) is 35.6 Å². The highest BCUT2D eigenvalue weighted by atomic mass is 32.2. The van der Waals surface area contributed by atoms with E-state index in [4.69, 9.17) is 4.74 Å². The van der Waals surface area contributed by atoms with Gasteiger partial charge >= 0.3 is 0 Å². The third kappa shape index (κ3) is 7.54. The highest BCUT2D eigenvalue weighted by molar-refractivity contribution is 7.88. The lowest BCUT2D eigenvalue weighted by atomic mass is 10.2. The second kappa shape index (κ2) is 9.59. The van der Waals surface area contributed by atoms with E-state index in [1.807, 2.05) is 6.92 Å². The fraction of sp³-hybridized carbons (Fsp3) is 0.533. The minimum atomic E-state index is -3.63. The van der Waals surface area contributed by atoms with Gasteiger partial charge in [-0.05, 0) is 19.4 Å². The van der Waals surface area contributed by atoms with Crippen molar-refractivity contribution in [3.8, 4) is 0 Å². The van der Waals surface area contributed by atoms with Crippen molar-refractivity contribution in [2.45, 2.75) is 19.9 Å². The van der Waals surface area contributed by atoms with Crippen molar-refractivity contribution < 1.29 is 22.3 Å². The number of carbonyl (C=O) groups excluding carboxylic acids is 1. The van der Waals surface area contributed by atoms with Crippen molar-refractivity contribution >= 4 is 15.9 Å². The zero-order valence-corrected chi connectivity index (χ0v) is 14.2. The molecule has 0 spiro atoms. The van der Waals surface area contributed by atoms with Crippen LogP contribution in [0.2, 0.25) is 0 Å². The van der Waals surface area contributed by atoms with Gasteiger partial charge in [-0.15, -0.1) is 0 Å². The van der Waals surface area contributed by atoms with Crippen LogP contribution >= 0.6 is 0 Å². The molecule has 1 aromatic rings. The average Bonchev–Trinajstić information content (AvgIpc) is 2.47. The van der Waals surface area contributed by atoms with Gasteiger partial charge in [-0.3, -0.25) is 4.79 Å². The van der Waals surface area contributed by atoms with E-state index < -0.39 is 21.7 Å². The SMILES string of the molecule is CCOCCCNC(=O)CN(Cc1ccccc1F)S(C)(=O)=O. The Morgan fingerprint density at radius 1 is 1.35 bits per heavy atom. The van der Waals surface area contributed by atoms with Crippen molar-refractivity contribution in [1.82, 2.24) is 9.62 Å². The lowest BCUT2D eigenvalue weighted by Gasteiger charge is -2.20. The van der Waals surface area contributed by atoms with E-state index in [0.29, 0.717) is 26.2 Å². The molecular weight excluding hydrogens is 323 g/mol. The Bertz CT molecular complexity index is 607. The molecule has 0 aliphatic heterocycles. The van der Waals surface area contributed by atoms with Gasteiger partial charge in [-0.1, -0.05) is 18.2 Å². The molecule has 0 radical (unpaired) electrons. The zero-order valence-electron chi connectivity index (χ0n) is 13.4. The Kier molecular flexibility index (Phi) is 8.15. The summed E-state index contributed by atoms with van der Waals surface area (Å²) < 4.78 is 43.4. The van der Waals surface area contributed by atoms with E-state index in [1.165, 1.54) is 18.2 Å². The van der Waals surface area contributed by atoms with E-state index in [0.717, 1.165) is 10.6 Å².